The lowest BCUT2D eigenvalue weighted by atomic mass is 10.1. The van der Waals surface area contributed by atoms with Gasteiger partial charge in [0, 0.05) is 6.08 Å². The highest BCUT2D eigenvalue weighted by atomic mass is 32.1. The molecule has 4 nitrogen and oxygen atoms in total. The van der Waals surface area contributed by atoms with E-state index in [0.717, 1.165) is 22.9 Å². The van der Waals surface area contributed by atoms with Gasteiger partial charge in [-0.25, -0.2) is 9.98 Å². The summed E-state index contributed by atoms with van der Waals surface area (Å²) in [6.45, 7) is 0.485. The fraction of sp³-hybridized carbons (Fsp3) is 0.333. The molecule has 3 aliphatic rings. The van der Waals surface area contributed by atoms with Gasteiger partial charge in [0.25, 0.3) is 0 Å². The lowest BCUT2D eigenvalue weighted by Crippen LogP contribution is -2.24. The van der Waals surface area contributed by atoms with E-state index in [1.54, 1.807) is 6.34 Å². The van der Waals surface area contributed by atoms with Gasteiger partial charge >= 0.3 is 0 Å². The lowest BCUT2D eigenvalue weighted by Gasteiger charge is -2.27. The van der Waals surface area contributed by atoms with E-state index in [2.05, 4.69) is 22.6 Å². The largest absolute Gasteiger partial charge is 0.489 e. The Bertz CT molecular complexity index is 409. The van der Waals surface area contributed by atoms with Crippen LogP contribution in [0.15, 0.2) is 33.3 Å². The van der Waals surface area contributed by atoms with Gasteiger partial charge in [0.15, 0.2) is 11.2 Å². The maximum atomic E-state index is 5.51. The van der Waals surface area contributed by atoms with E-state index < -0.39 is 0 Å². The van der Waals surface area contributed by atoms with Crippen molar-refractivity contribution < 1.29 is 9.47 Å². The summed E-state index contributed by atoms with van der Waals surface area (Å²) in [7, 11) is 0. The molecule has 0 saturated carbocycles. The first kappa shape index (κ1) is 8.11. The van der Waals surface area contributed by atoms with Crippen LogP contribution in [0.2, 0.25) is 0 Å². The first-order chi connectivity index (χ1) is 6.83. The number of allylic oxidation sites excluding steroid dienone is 3. The number of rotatable bonds is 0. The van der Waals surface area contributed by atoms with Crippen molar-refractivity contribution in [3.63, 3.8) is 0 Å². The van der Waals surface area contributed by atoms with Crippen LogP contribution in [-0.2, 0) is 9.47 Å². The lowest BCUT2D eigenvalue weighted by molar-refractivity contribution is 0.0491. The fourth-order valence-corrected chi connectivity index (χ4v) is 1.76. The molecule has 5 heteroatoms. The third-order valence-electron chi connectivity index (χ3n) is 2.24. The molecule has 0 radical (unpaired) electrons. The molecule has 2 heterocycles. The molecule has 1 atom stereocenters. The predicted octanol–water partition coefficient (Wildman–Crippen LogP) is 1.27. The molecule has 1 aliphatic carbocycles. The monoisotopic (exact) mass is 208 g/mol. The van der Waals surface area contributed by atoms with Crippen LogP contribution < -0.4 is 0 Å². The second-order valence-electron chi connectivity index (χ2n) is 3.20. The van der Waals surface area contributed by atoms with E-state index in [1.807, 2.05) is 6.08 Å². The summed E-state index contributed by atoms with van der Waals surface area (Å²) in [5, 5.41) is 0. The minimum atomic E-state index is -0.186. The van der Waals surface area contributed by atoms with Crippen LogP contribution in [0.5, 0.6) is 0 Å². The summed E-state index contributed by atoms with van der Waals surface area (Å²) in [5.41, 5.74) is 1.63. The van der Waals surface area contributed by atoms with E-state index >= 15 is 0 Å². The first-order valence-corrected chi connectivity index (χ1v) is 4.86. The van der Waals surface area contributed by atoms with Crippen LogP contribution in [0, 0.1) is 0 Å². The highest BCUT2D eigenvalue weighted by molar-refractivity contribution is 7.80. The molecule has 0 aromatic carbocycles. The van der Waals surface area contributed by atoms with Crippen molar-refractivity contribution in [2.75, 3.05) is 6.61 Å². The van der Waals surface area contributed by atoms with E-state index in [4.69, 9.17) is 9.47 Å². The standard InChI is InChI=1S/C9H8N2O2S/c14-9-3-12-7-1-5-6(11-4-10-5)2-8(7)13-9/h2,4,9,14H,1,3H2. The van der Waals surface area contributed by atoms with Gasteiger partial charge in [-0.15, -0.1) is 12.6 Å². The summed E-state index contributed by atoms with van der Waals surface area (Å²) >= 11 is 4.20. The molecule has 1 unspecified atom stereocenters. The van der Waals surface area contributed by atoms with E-state index in [0.29, 0.717) is 13.0 Å². The molecule has 0 spiro atoms. The SMILES string of the molecule is SC1COC2=C(C=C3N=CN=C3C2)O1. The van der Waals surface area contributed by atoms with Gasteiger partial charge in [0.05, 0.1) is 17.8 Å². The quantitative estimate of drug-likeness (QED) is 0.609. The Hall–Kier alpha value is -1.23. The Kier molecular flexibility index (Phi) is 1.67. The fourth-order valence-electron chi connectivity index (χ4n) is 1.58. The van der Waals surface area contributed by atoms with Crippen LogP contribution in [0.25, 0.3) is 0 Å². The van der Waals surface area contributed by atoms with Crippen molar-refractivity contribution in [2.45, 2.75) is 11.9 Å². The van der Waals surface area contributed by atoms with Gasteiger partial charge < -0.3 is 9.47 Å². The third kappa shape index (κ3) is 1.16. The molecule has 3 rings (SSSR count). The molecule has 0 aromatic heterocycles. The topological polar surface area (TPSA) is 43.2 Å². The van der Waals surface area contributed by atoms with Gasteiger partial charge in [-0.3, -0.25) is 0 Å². The van der Waals surface area contributed by atoms with Crippen molar-refractivity contribution in [3.8, 4) is 0 Å². The average Bonchev–Trinajstić information content (AvgIpc) is 2.61. The van der Waals surface area contributed by atoms with Crippen LogP contribution in [0.3, 0.4) is 0 Å². The highest BCUT2D eigenvalue weighted by Gasteiger charge is 2.27. The predicted molar refractivity (Wildman–Crippen MR) is 55.5 cm³/mol. The summed E-state index contributed by atoms with van der Waals surface area (Å²) < 4.78 is 11.0. The van der Waals surface area contributed by atoms with E-state index in [-0.39, 0.29) is 5.44 Å². The number of nitrogens with zero attached hydrogens (tertiary/aromatic N) is 2. The molecule has 0 saturated heterocycles. The Morgan fingerprint density at radius 3 is 3.36 bits per heavy atom. The highest BCUT2D eigenvalue weighted by Crippen LogP contribution is 2.30. The van der Waals surface area contributed by atoms with Gasteiger partial charge in [0.2, 0.25) is 0 Å². The van der Waals surface area contributed by atoms with Crippen LogP contribution in [-0.4, -0.2) is 24.1 Å². The second-order valence-corrected chi connectivity index (χ2v) is 3.77. The zero-order valence-corrected chi connectivity index (χ0v) is 8.20. The molecule has 0 fully saturated rings. The van der Waals surface area contributed by atoms with Crippen molar-refractivity contribution in [3.05, 3.63) is 23.3 Å². The Labute approximate surface area is 86.4 Å². The Morgan fingerprint density at radius 2 is 2.43 bits per heavy atom. The number of aliphatic imine (C=N–C) groups is 2. The minimum absolute atomic E-state index is 0.186. The maximum Gasteiger partial charge on any atom is 0.175 e. The summed E-state index contributed by atoms with van der Waals surface area (Å²) in [4.78, 5) is 8.25. The molecule has 0 bridgehead atoms. The molecule has 0 amide bonds. The molecule has 14 heavy (non-hydrogen) atoms. The van der Waals surface area contributed by atoms with E-state index in [9.17, 15) is 0 Å². The average molecular weight is 208 g/mol. The number of fused-ring (bicyclic) bond motifs is 1. The zero-order valence-electron chi connectivity index (χ0n) is 7.30. The smallest absolute Gasteiger partial charge is 0.175 e. The van der Waals surface area contributed by atoms with Gasteiger partial charge in [-0.2, -0.15) is 0 Å². The third-order valence-corrected chi connectivity index (χ3v) is 2.49. The maximum absolute atomic E-state index is 5.51. The van der Waals surface area contributed by atoms with Gasteiger partial charge in [-0.1, -0.05) is 0 Å². The summed E-state index contributed by atoms with van der Waals surface area (Å²) in [5.74, 6) is 1.58. The number of thiol groups is 1. The molecular formula is C9H8N2O2S. The van der Waals surface area contributed by atoms with Crippen molar-refractivity contribution in [1.29, 1.82) is 0 Å². The van der Waals surface area contributed by atoms with Crippen molar-refractivity contribution in [1.82, 2.24) is 0 Å². The number of ether oxygens (including phenoxy) is 2. The molecular weight excluding hydrogens is 200 g/mol. The molecule has 72 valence electrons. The first-order valence-electron chi connectivity index (χ1n) is 4.35. The van der Waals surface area contributed by atoms with Gasteiger partial charge in [0.1, 0.15) is 18.7 Å². The second kappa shape index (κ2) is 2.88. The van der Waals surface area contributed by atoms with Crippen molar-refractivity contribution >= 4 is 24.7 Å². The van der Waals surface area contributed by atoms with Crippen LogP contribution in [0.1, 0.15) is 6.42 Å². The Morgan fingerprint density at radius 1 is 1.50 bits per heavy atom. The van der Waals surface area contributed by atoms with E-state index in [1.165, 1.54) is 0 Å². The number of hydrogen-bond donors (Lipinski definition) is 1. The normalized spacial score (nSPS) is 28.5. The van der Waals surface area contributed by atoms with Gasteiger partial charge in [-0.05, 0) is 0 Å². The minimum Gasteiger partial charge on any atom is -0.489 e. The molecule has 0 aromatic rings. The molecule has 0 N–H and O–H groups in total. The zero-order chi connectivity index (χ0) is 9.54. The number of hydrogen-bond acceptors (Lipinski definition) is 5. The van der Waals surface area contributed by atoms with Crippen LogP contribution >= 0.6 is 12.6 Å². The van der Waals surface area contributed by atoms with Crippen molar-refractivity contribution in [2.24, 2.45) is 9.98 Å². The van der Waals surface area contributed by atoms with Crippen LogP contribution in [0.4, 0.5) is 0 Å². The summed E-state index contributed by atoms with van der Waals surface area (Å²) in [6, 6.07) is 0. The summed E-state index contributed by atoms with van der Waals surface area (Å²) in [6.07, 6.45) is 4.07. The Balaban J connectivity index is 1.98. The molecule has 2 aliphatic heterocycles.